The van der Waals surface area contributed by atoms with Crippen LogP contribution in [0.1, 0.15) is 20.8 Å². The molecule has 0 aliphatic heterocycles. The third kappa shape index (κ3) is 3.29. The van der Waals surface area contributed by atoms with E-state index in [0.29, 0.717) is 4.88 Å². The van der Waals surface area contributed by atoms with E-state index in [9.17, 15) is 4.79 Å². The zero-order valence-corrected chi connectivity index (χ0v) is 13.1. The van der Waals surface area contributed by atoms with Crippen LogP contribution in [-0.2, 0) is 4.74 Å². The lowest BCUT2D eigenvalue weighted by Crippen LogP contribution is -1.98. The molecule has 0 bridgehead atoms. The molecule has 0 aliphatic rings. The highest BCUT2D eigenvalue weighted by Gasteiger charge is 2.18. The number of ether oxygens (including phenoxy) is 1. The lowest BCUT2D eigenvalue weighted by molar-refractivity contribution is 0.0606. The van der Waals surface area contributed by atoms with Crippen LogP contribution in [0, 0.1) is 13.8 Å². The molecule has 0 unspecified atom stereocenters. The van der Waals surface area contributed by atoms with Crippen LogP contribution in [0.15, 0.2) is 27.4 Å². The van der Waals surface area contributed by atoms with Gasteiger partial charge in [0.15, 0.2) is 14.4 Å². The van der Waals surface area contributed by atoms with Crippen LogP contribution in [0.3, 0.4) is 0 Å². The van der Waals surface area contributed by atoms with E-state index in [-0.39, 0.29) is 5.15 Å². The van der Waals surface area contributed by atoms with Crippen LogP contribution >= 0.6 is 34.7 Å². The zero-order chi connectivity index (χ0) is 14.0. The third-order valence-corrected chi connectivity index (χ3v) is 5.12. The highest BCUT2D eigenvalue weighted by molar-refractivity contribution is 8.01. The van der Waals surface area contributed by atoms with Gasteiger partial charge in [0.2, 0.25) is 0 Å². The molecule has 0 spiro atoms. The molecule has 100 valence electrons. The van der Waals surface area contributed by atoms with Crippen molar-refractivity contribution >= 4 is 40.7 Å². The lowest BCUT2D eigenvalue weighted by Gasteiger charge is -2.03. The third-order valence-electron chi connectivity index (χ3n) is 2.46. The van der Waals surface area contributed by atoms with Crippen molar-refractivity contribution in [3.8, 4) is 0 Å². The number of rotatable bonds is 3. The van der Waals surface area contributed by atoms with E-state index in [2.05, 4.69) is 22.7 Å². The number of esters is 1. The van der Waals surface area contributed by atoms with Gasteiger partial charge in [0.05, 0.1) is 7.11 Å². The number of benzene rings is 1. The van der Waals surface area contributed by atoms with Crippen LogP contribution in [0.25, 0.3) is 0 Å². The summed E-state index contributed by atoms with van der Waals surface area (Å²) in [7, 11) is 1.33. The molecule has 1 heterocycles. The Hall–Kier alpha value is -1.04. The predicted octanol–water partition coefficient (Wildman–Crippen LogP) is 4.35. The minimum atomic E-state index is -0.449. The van der Waals surface area contributed by atoms with Crippen LogP contribution in [0.4, 0.5) is 0 Å². The van der Waals surface area contributed by atoms with E-state index in [1.165, 1.54) is 41.3 Å². The predicted molar refractivity (Wildman–Crippen MR) is 78.5 cm³/mol. The first-order valence-corrected chi connectivity index (χ1v) is 7.52. The second-order valence-corrected chi connectivity index (χ2v) is 6.61. The highest BCUT2D eigenvalue weighted by Crippen LogP contribution is 2.36. The summed E-state index contributed by atoms with van der Waals surface area (Å²) >= 11 is 8.68. The second-order valence-electron chi connectivity index (χ2n) is 3.96. The molecule has 19 heavy (non-hydrogen) atoms. The average molecular weight is 314 g/mol. The molecule has 1 aromatic heterocycles. The largest absolute Gasteiger partial charge is 0.465 e. The first-order chi connectivity index (χ1) is 9.01. The van der Waals surface area contributed by atoms with E-state index in [0.717, 1.165) is 9.24 Å². The summed E-state index contributed by atoms with van der Waals surface area (Å²) in [6, 6.07) is 6.20. The number of carbonyl (C=O) groups excluding carboxylic acids is 1. The Kier molecular flexibility index (Phi) is 4.50. The van der Waals surface area contributed by atoms with Crippen molar-refractivity contribution in [1.29, 1.82) is 0 Å². The highest BCUT2D eigenvalue weighted by atomic mass is 35.5. The maximum atomic E-state index is 11.5. The van der Waals surface area contributed by atoms with Crippen molar-refractivity contribution in [2.45, 2.75) is 23.1 Å². The first-order valence-electron chi connectivity index (χ1n) is 5.51. The number of halogens is 1. The minimum Gasteiger partial charge on any atom is -0.465 e. The van der Waals surface area contributed by atoms with Crippen molar-refractivity contribution in [2.75, 3.05) is 7.11 Å². The molecular formula is C13H12ClNO2S2. The van der Waals surface area contributed by atoms with Gasteiger partial charge in [0.25, 0.3) is 0 Å². The molecule has 3 nitrogen and oxygen atoms in total. The summed E-state index contributed by atoms with van der Waals surface area (Å²) < 4.78 is 5.39. The van der Waals surface area contributed by atoms with Gasteiger partial charge in [-0.2, -0.15) is 0 Å². The number of hydrogen-bond acceptors (Lipinski definition) is 5. The SMILES string of the molecule is COC(=O)c1sc(Sc2ccc(C)cc2C)nc1Cl. The maximum Gasteiger partial charge on any atom is 0.351 e. The van der Waals surface area contributed by atoms with E-state index < -0.39 is 5.97 Å². The fraction of sp³-hybridized carbons (Fsp3) is 0.231. The number of aromatic nitrogens is 1. The van der Waals surface area contributed by atoms with Crippen LogP contribution in [0.2, 0.25) is 5.15 Å². The Morgan fingerprint density at radius 1 is 1.42 bits per heavy atom. The fourth-order valence-corrected chi connectivity index (χ4v) is 3.91. The number of aryl methyl sites for hydroxylation is 2. The van der Waals surface area contributed by atoms with Crippen LogP contribution in [-0.4, -0.2) is 18.1 Å². The molecule has 2 aromatic rings. The molecule has 0 saturated carbocycles. The normalized spacial score (nSPS) is 10.5. The number of carbonyl (C=O) groups is 1. The minimum absolute atomic E-state index is 0.198. The zero-order valence-electron chi connectivity index (χ0n) is 10.7. The van der Waals surface area contributed by atoms with Crippen molar-refractivity contribution in [3.05, 3.63) is 39.4 Å². The van der Waals surface area contributed by atoms with Gasteiger partial charge in [0, 0.05) is 4.90 Å². The maximum absolute atomic E-state index is 11.5. The van der Waals surface area contributed by atoms with Crippen molar-refractivity contribution in [2.24, 2.45) is 0 Å². The van der Waals surface area contributed by atoms with Crippen molar-refractivity contribution < 1.29 is 9.53 Å². The monoisotopic (exact) mass is 313 g/mol. The Balaban J connectivity index is 2.26. The van der Waals surface area contributed by atoms with E-state index >= 15 is 0 Å². The molecule has 0 fully saturated rings. The van der Waals surface area contributed by atoms with Gasteiger partial charge >= 0.3 is 5.97 Å². The summed E-state index contributed by atoms with van der Waals surface area (Å²) in [5, 5.41) is 0.198. The van der Waals surface area contributed by atoms with Crippen LogP contribution < -0.4 is 0 Å². The molecule has 0 atom stereocenters. The van der Waals surface area contributed by atoms with Gasteiger partial charge in [-0.15, -0.1) is 0 Å². The van der Waals surface area contributed by atoms with Gasteiger partial charge in [-0.1, -0.05) is 52.4 Å². The van der Waals surface area contributed by atoms with Gasteiger partial charge in [-0.05, 0) is 25.5 Å². The number of nitrogens with zero attached hydrogens (tertiary/aromatic N) is 1. The van der Waals surface area contributed by atoms with Gasteiger partial charge in [0.1, 0.15) is 0 Å². The van der Waals surface area contributed by atoms with E-state index in [4.69, 9.17) is 11.6 Å². The molecule has 1 aromatic carbocycles. The summed E-state index contributed by atoms with van der Waals surface area (Å²) in [6.07, 6.45) is 0. The van der Waals surface area contributed by atoms with Crippen molar-refractivity contribution in [1.82, 2.24) is 4.98 Å². The Morgan fingerprint density at radius 2 is 2.16 bits per heavy atom. The number of thiazole rings is 1. The molecule has 0 saturated heterocycles. The molecule has 6 heteroatoms. The Labute approximate surface area is 125 Å². The van der Waals surface area contributed by atoms with E-state index in [1.807, 2.05) is 19.1 Å². The summed E-state index contributed by atoms with van der Waals surface area (Å²) in [5.41, 5.74) is 2.39. The quantitative estimate of drug-likeness (QED) is 0.790. The van der Waals surface area contributed by atoms with Gasteiger partial charge in [-0.25, -0.2) is 9.78 Å². The smallest absolute Gasteiger partial charge is 0.351 e. The Bertz CT molecular complexity index is 625. The molecule has 0 amide bonds. The number of hydrogen-bond donors (Lipinski definition) is 0. The molecular weight excluding hydrogens is 302 g/mol. The Morgan fingerprint density at radius 3 is 2.79 bits per heavy atom. The molecule has 2 rings (SSSR count). The summed E-state index contributed by atoms with van der Waals surface area (Å²) in [4.78, 5) is 17.1. The van der Waals surface area contributed by atoms with E-state index in [1.54, 1.807) is 0 Å². The van der Waals surface area contributed by atoms with Gasteiger partial charge in [-0.3, -0.25) is 0 Å². The average Bonchev–Trinajstić information content (AvgIpc) is 2.73. The number of methoxy groups -OCH3 is 1. The van der Waals surface area contributed by atoms with Crippen LogP contribution in [0.5, 0.6) is 0 Å². The van der Waals surface area contributed by atoms with Gasteiger partial charge < -0.3 is 4.74 Å². The first kappa shape index (κ1) is 14.4. The fourth-order valence-electron chi connectivity index (χ4n) is 1.55. The molecule has 0 N–H and O–H groups in total. The second kappa shape index (κ2) is 5.94. The summed E-state index contributed by atoms with van der Waals surface area (Å²) in [5.74, 6) is -0.449. The van der Waals surface area contributed by atoms with Crippen molar-refractivity contribution in [3.63, 3.8) is 0 Å². The molecule has 0 aliphatic carbocycles. The topological polar surface area (TPSA) is 39.2 Å². The lowest BCUT2D eigenvalue weighted by atomic mass is 10.2. The standard InChI is InChI=1S/C13H12ClNO2S2/c1-7-4-5-9(8(2)6-7)18-13-15-11(14)10(19-13)12(16)17-3/h4-6H,1-3H3. The molecule has 0 radical (unpaired) electrons. The summed E-state index contributed by atoms with van der Waals surface area (Å²) in [6.45, 7) is 4.10.